The van der Waals surface area contributed by atoms with Crippen LogP contribution in [-0.2, 0) is 20.9 Å². The normalized spacial score (nSPS) is 16.1. The van der Waals surface area contributed by atoms with Crippen LogP contribution in [-0.4, -0.2) is 65.8 Å². The number of carbonyl (C=O) groups is 4. The summed E-state index contributed by atoms with van der Waals surface area (Å²) in [6.07, 6.45) is 3.65. The summed E-state index contributed by atoms with van der Waals surface area (Å²) < 4.78 is 5.44. The lowest BCUT2D eigenvalue weighted by molar-refractivity contribution is -0.125. The molecule has 0 spiro atoms. The maximum atomic E-state index is 12.9. The molecule has 0 bridgehead atoms. The van der Waals surface area contributed by atoms with Gasteiger partial charge in [-0.25, -0.2) is 4.79 Å². The summed E-state index contributed by atoms with van der Waals surface area (Å²) in [7, 11) is 1.53. The van der Waals surface area contributed by atoms with Crippen LogP contribution < -0.4 is 5.32 Å². The number of nitrogens with zero attached hydrogens (tertiary/aromatic N) is 2. The van der Waals surface area contributed by atoms with E-state index in [-0.39, 0.29) is 24.3 Å². The summed E-state index contributed by atoms with van der Waals surface area (Å²) in [6.45, 7) is 10.9. The van der Waals surface area contributed by atoms with Gasteiger partial charge in [0.05, 0.1) is 0 Å². The van der Waals surface area contributed by atoms with E-state index in [2.05, 4.69) is 5.32 Å². The zero-order valence-corrected chi connectivity index (χ0v) is 21.1. The van der Waals surface area contributed by atoms with Crippen LogP contribution in [0.1, 0.15) is 75.4 Å². The van der Waals surface area contributed by atoms with Gasteiger partial charge in [0, 0.05) is 38.7 Å². The summed E-state index contributed by atoms with van der Waals surface area (Å²) in [5, 5.41) is 2.59. The van der Waals surface area contributed by atoms with E-state index in [1.54, 1.807) is 11.0 Å². The van der Waals surface area contributed by atoms with E-state index in [4.69, 9.17) is 4.74 Å². The van der Waals surface area contributed by atoms with Crippen LogP contribution in [0.5, 0.6) is 0 Å². The molecular weight excluding hydrogens is 434 g/mol. The van der Waals surface area contributed by atoms with Crippen molar-refractivity contribution in [3.8, 4) is 0 Å². The van der Waals surface area contributed by atoms with Crippen molar-refractivity contribution in [2.45, 2.75) is 72.1 Å². The number of ether oxygens (including phenoxy) is 1. The second kappa shape index (κ2) is 11.8. The number of hydrogen-bond donors (Lipinski definition) is 1. The van der Waals surface area contributed by atoms with Gasteiger partial charge < -0.3 is 24.6 Å². The van der Waals surface area contributed by atoms with Crippen molar-refractivity contribution in [2.24, 2.45) is 0 Å². The zero-order valence-electron chi connectivity index (χ0n) is 21.1. The average Bonchev–Trinajstić information content (AvgIpc) is 3.15. The number of fused-ring (bicyclic) bond motifs is 1. The molecule has 0 saturated heterocycles. The molecule has 2 aliphatic rings. The third kappa shape index (κ3) is 6.46. The molecule has 3 rings (SSSR count). The monoisotopic (exact) mass is 471 g/mol. The van der Waals surface area contributed by atoms with Gasteiger partial charge in [-0.1, -0.05) is 26.0 Å². The van der Waals surface area contributed by atoms with Gasteiger partial charge >= 0.3 is 6.09 Å². The van der Waals surface area contributed by atoms with Crippen LogP contribution in [0.25, 0.3) is 5.57 Å². The van der Waals surface area contributed by atoms with E-state index < -0.39 is 11.6 Å². The van der Waals surface area contributed by atoms with E-state index >= 15 is 0 Å². The Kier molecular flexibility index (Phi) is 9.41. The molecule has 2 heterocycles. The number of likely N-dealkylation sites (N-methyl/N-ethyl adjacent to an activating group) is 1. The van der Waals surface area contributed by atoms with Gasteiger partial charge in [0.2, 0.25) is 5.91 Å². The molecule has 8 nitrogen and oxygen atoms in total. The van der Waals surface area contributed by atoms with Crippen molar-refractivity contribution in [3.05, 3.63) is 41.0 Å². The highest BCUT2D eigenvalue weighted by Crippen LogP contribution is 2.31. The number of rotatable bonds is 6. The second-order valence-electron chi connectivity index (χ2n) is 9.08. The number of amides is 3. The van der Waals surface area contributed by atoms with E-state index in [1.807, 2.05) is 52.8 Å². The average molecular weight is 472 g/mol. The molecule has 8 heteroatoms. The third-order valence-corrected chi connectivity index (χ3v) is 5.65. The number of carbonyl (C=O) groups excluding carboxylic acids is 4. The summed E-state index contributed by atoms with van der Waals surface area (Å²) in [4.78, 5) is 51.5. The molecule has 2 aliphatic heterocycles. The van der Waals surface area contributed by atoms with Crippen LogP contribution in [0.4, 0.5) is 4.79 Å². The summed E-state index contributed by atoms with van der Waals surface area (Å²) in [6, 6.07) is 5.03. The SMILES string of the molecule is CC.CNC(=O)C(CCC=O)N1Cc2cc(C3=CCN(C(=O)OC(C)(C)C)CC3)ccc2C1=O. The van der Waals surface area contributed by atoms with Gasteiger partial charge in [-0.3, -0.25) is 9.59 Å². The Balaban J connectivity index is 0.00000199. The molecule has 0 saturated carbocycles. The number of benzene rings is 1. The fourth-order valence-electron chi connectivity index (χ4n) is 4.04. The lowest BCUT2D eigenvalue weighted by atomic mass is 9.96. The Morgan fingerprint density at radius 1 is 1.24 bits per heavy atom. The Bertz CT molecular complexity index is 948. The molecule has 1 N–H and O–H groups in total. The lowest BCUT2D eigenvalue weighted by Crippen LogP contribution is -2.46. The third-order valence-electron chi connectivity index (χ3n) is 5.65. The van der Waals surface area contributed by atoms with Crippen LogP contribution in [0.2, 0.25) is 0 Å². The fourth-order valence-corrected chi connectivity index (χ4v) is 4.04. The topological polar surface area (TPSA) is 96.0 Å². The van der Waals surface area contributed by atoms with E-state index in [9.17, 15) is 19.2 Å². The van der Waals surface area contributed by atoms with Crippen LogP contribution in [0.15, 0.2) is 24.3 Å². The molecule has 0 aliphatic carbocycles. The van der Waals surface area contributed by atoms with Crippen molar-refractivity contribution in [1.29, 1.82) is 0 Å². The highest BCUT2D eigenvalue weighted by Gasteiger charge is 2.36. The smallest absolute Gasteiger partial charge is 0.410 e. The first kappa shape index (κ1) is 27.1. The van der Waals surface area contributed by atoms with Gasteiger partial charge in [-0.2, -0.15) is 0 Å². The Hall–Kier alpha value is -3.16. The van der Waals surface area contributed by atoms with E-state index in [1.165, 1.54) is 11.9 Å². The molecule has 3 amide bonds. The Morgan fingerprint density at radius 2 is 1.94 bits per heavy atom. The van der Waals surface area contributed by atoms with E-state index in [0.29, 0.717) is 38.0 Å². The first-order valence-electron chi connectivity index (χ1n) is 11.9. The number of hydrogen-bond acceptors (Lipinski definition) is 5. The molecule has 34 heavy (non-hydrogen) atoms. The Labute approximate surface area is 202 Å². The van der Waals surface area contributed by atoms with Crippen molar-refractivity contribution in [1.82, 2.24) is 15.1 Å². The van der Waals surface area contributed by atoms with Crippen molar-refractivity contribution in [2.75, 3.05) is 20.1 Å². The van der Waals surface area contributed by atoms with Gasteiger partial charge in [0.25, 0.3) is 5.91 Å². The number of aldehydes is 1. The molecule has 0 aromatic heterocycles. The standard InChI is InChI=1S/C24H31N3O5.C2H6/c1-24(2,3)32-23(31)26-11-9-16(10-12-26)17-7-8-19-18(14-17)15-27(22(19)30)20(6-5-13-28)21(29)25-4;1-2/h7-9,13-14,20H,5-6,10-12,15H2,1-4H3,(H,25,29);1-2H3. The van der Waals surface area contributed by atoms with Crippen molar-refractivity contribution in [3.63, 3.8) is 0 Å². The Morgan fingerprint density at radius 3 is 2.50 bits per heavy atom. The molecule has 1 aromatic rings. The van der Waals surface area contributed by atoms with Gasteiger partial charge in [-0.15, -0.1) is 0 Å². The number of nitrogens with one attached hydrogen (secondary N) is 1. The van der Waals surface area contributed by atoms with Gasteiger partial charge in [0.15, 0.2) is 0 Å². The maximum absolute atomic E-state index is 12.9. The van der Waals surface area contributed by atoms with Crippen LogP contribution in [0.3, 0.4) is 0 Å². The lowest BCUT2D eigenvalue weighted by Gasteiger charge is -2.29. The summed E-state index contributed by atoms with van der Waals surface area (Å²) in [5.74, 6) is -0.467. The predicted octanol–water partition coefficient (Wildman–Crippen LogP) is 3.79. The summed E-state index contributed by atoms with van der Waals surface area (Å²) in [5.41, 5.74) is 3.04. The largest absolute Gasteiger partial charge is 0.444 e. The van der Waals surface area contributed by atoms with Crippen molar-refractivity contribution < 1.29 is 23.9 Å². The fraction of sp³-hybridized carbons (Fsp3) is 0.538. The minimum absolute atomic E-state index is 0.195. The molecule has 1 atom stereocenters. The van der Waals surface area contributed by atoms with Gasteiger partial charge in [0.1, 0.15) is 17.9 Å². The van der Waals surface area contributed by atoms with Crippen LogP contribution >= 0.6 is 0 Å². The molecule has 1 unspecified atom stereocenters. The van der Waals surface area contributed by atoms with E-state index in [0.717, 1.165) is 23.0 Å². The first-order valence-corrected chi connectivity index (χ1v) is 11.9. The predicted molar refractivity (Wildman–Crippen MR) is 131 cm³/mol. The van der Waals surface area contributed by atoms with Crippen LogP contribution in [0, 0.1) is 0 Å². The first-order chi connectivity index (χ1) is 16.1. The van der Waals surface area contributed by atoms with Gasteiger partial charge in [-0.05, 0) is 62.4 Å². The molecule has 0 radical (unpaired) electrons. The minimum atomic E-state index is -0.676. The molecule has 1 aromatic carbocycles. The molecule has 186 valence electrons. The van der Waals surface area contributed by atoms with Crippen molar-refractivity contribution >= 4 is 29.8 Å². The minimum Gasteiger partial charge on any atom is -0.444 e. The quantitative estimate of drug-likeness (QED) is 0.637. The maximum Gasteiger partial charge on any atom is 0.410 e. The highest BCUT2D eigenvalue weighted by molar-refractivity contribution is 6.01. The zero-order chi connectivity index (χ0) is 25.5. The highest BCUT2D eigenvalue weighted by atomic mass is 16.6. The summed E-state index contributed by atoms with van der Waals surface area (Å²) >= 11 is 0. The molecular formula is C26H37N3O5. The molecule has 0 fully saturated rings. The second-order valence-corrected chi connectivity index (χ2v) is 9.08.